The van der Waals surface area contributed by atoms with Gasteiger partial charge in [-0.25, -0.2) is 4.98 Å². The number of likely N-dealkylation sites (N-methyl/N-ethyl adjacent to an activating group) is 2. The monoisotopic (exact) mass is 257 g/mol. The van der Waals surface area contributed by atoms with Crippen molar-refractivity contribution in [2.45, 2.75) is 13.8 Å². The van der Waals surface area contributed by atoms with Crippen molar-refractivity contribution in [2.75, 3.05) is 30.8 Å². The van der Waals surface area contributed by atoms with Gasteiger partial charge in [0.25, 0.3) is 0 Å². The van der Waals surface area contributed by atoms with Crippen molar-refractivity contribution in [3.05, 3.63) is 11.0 Å². The van der Waals surface area contributed by atoms with E-state index in [0.717, 1.165) is 0 Å². The Morgan fingerprint density at radius 3 is 2.71 bits per heavy atom. The highest BCUT2D eigenvalue weighted by Gasteiger charge is 2.16. The minimum atomic E-state index is -0.112. The number of nitrogen functional groups attached to an aromatic ring is 1. The van der Waals surface area contributed by atoms with Crippen molar-refractivity contribution in [3.63, 3.8) is 0 Å². The molecule has 0 aromatic carbocycles. The van der Waals surface area contributed by atoms with Gasteiger partial charge < -0.3 is 16.0 Å². The Kier molecular flexibility index (Phi) is 4.51. The maximum Gasteiger partial charge on any atom is 0.239 e. The molecule has 0 fully saturated rings. The van der Waals surface area contributed by atoms with E-state index in [-0.39, 0.29) is 17.7 Å². The second-order valence-corrected chi connectivity index (χ2v) is 3.84. The molecule has 6 nitrogen and oxygen atoms in total. The highest BCUT2D eigenvalue weighted by atomic mass is 35.5. The fourth-order valence-corrected chi connectivity index (χ4v) is 1.57. The van der Waals surface area contributed by atoms with Crippen LogP contribution in [-0.4, -0.2) is 36.0 Å². The molecule has 17 heavy (non-hydrogen) atoms. The van der Waals surface area contributed by atoms with Crippen molar-refractivity contribution < 1.29 is 4.79 Å². The van der Waals surface area contributed by atoms with E-state index in [0.29, 0.717) is 23.7 Å². The molecule has 0 saturated heterocycles. The Hall–Kier alpha value is -1.56. The number of rotatable bonds is 4. The summed E-state index contributed by atoms with van der Waals surface area (Å²) in [6.45, 7) is 4.45. The smallest absolute Gasteiger partial charge is 0.239 e. The average molecular weight is 258 g/mol. The normalized spacial score (nSPS) is 10.1. The molecule has 94 valence electrons. The van der Waals surface area contributed by atoms with E-state index < -0.39 is 0 Å². The van der Waals surface area contributed by atoms with Gasteiger partial charge in [0, 0.05) is 13.6 Å². The number of nitrogens with one attached hydrogen (secondary N) is 1. The number of carbonyl (C=O) groups is 1. The lowest BCUT2D eigenvalue weighted by Gasteiger charge is -2.22. The third-order valence-corrected chi connectivity index (χ3v) is 2.55. The SMILES string of the molecule is CCN(CC(=O)NC)c1nc(Cl)nc(C)c1N. The molecular weight excluding hydrogens is 242 g/mol. The first-order valence-corrected chi connectivity index (χ1v) is 5.62. The number of hydrogen-bond acceptors (Lipinski definition) is 5. The summed E-state index contributed by atoms with van der Waals surface area (Å²) in [7, 11) is 1.58. The van der Waals surface area contributed by atoms with E-state index in [4.69, 9.17) is 17.3 Å². The molecule has 0 unspecified atom stereocenters. The predicted octanol–water partition coefficient (Wildman–Crippen LogP) is 0.593. The zero-order valence-electron chi connectivity index (χ0n) is 10.1. The molecule has 0 aliphatic carbocycles. The van der Waals surface area contributed by atoms with E-state index in [9.17, 15) is 4.79 Å². The van der Waals surface area contributed by atoms with Crippen LogP contribution in [0, 0.1) is 6.92 Å². The number of amides is 1. The van der Waals surface area contributed by atoms with E-state index in [1.807, 2.05) is 6.92 Å². The van der Waals surface area contributed by atoms with Gasteiger partial charge in [0.15, 0.2) is 5.82 Å². The molecule has 0 bridgehead atoms. The summed E-state index contributed by atoms with van der Waals surface area (Å²) in [5.41, 5.74) is 6.94. The number of anilines is 2. The summed E-state index contributed by atoms with van der Waals surface area (Å²) in [5.74, 6) is 0.382. The van der Waals surface area contributed by atoms with Gasteiger partial charge in [-0.2, -0.15) is 4.98 Å². The highest BCUT2D eigenvalue weighted by Crippen LogP contribution is 2.24. The summed E-state index contributed by atoms with van der Waals surface area (Å²) in [6.07, 6.45) is 0. The van der Waals surface area contributed by atoms with E-state index in [1.54, 1.807) is 18.9 Å². The van der Waals surface area contributed by atoms with Gasteiger partial charge in [-0.15, -0.1) is 0 Å². The molecule has 0 spiro atoms. The number of carbonyl (C=O) groups excluding carboxylic acids is 1. The Labute approximate surface area is 105 Å². The fraction of sp³-hybridized carbons (Fsp3) is 0.500. The molecule has 0 saturated carbocycles. The van der Waals surface area contributed by atoms with Gasteiger partial charge in [-0.1, -0.05) is 0 Å². The number of nitrogens with zero attached hydrogens (tertiary/aromatic N) is 3. The molecule has 0 aliphatic heterocycles. The zero-order valence-corrected chi connectivity index (χ0v) is 10.9. The number of aromatic nitrogens is 2. The summed E-state index contributed by atoms with van der Waals surface area (Å²) >= 11 is 5.79. The van der Waals surface area contributed by atoms with Crippen molar-refractivity contribution in [1.82, 2.24) is 15.3 Å². The van der Waals surface area contributed by atoms with Crippen LogP contribution in [0.4, 0.5) is 11.5 Å². The Balaban J connectivity index is 3.07. The molecule has 1 aromatic heterocycles. The van der Waals surface area contributed by atoms with Crippen molar-refractivity contribution in [2.24, 2.45) is 0 Å². The quantitative estimate of drug-likeness (QED) is 0.772. The summed E-state index contributed by atoms with van der Waals surface area (Å²) in [4.78, 5) is 21.1. The molecule has 0 aliphatic rings. The van der Waals surface area contributed by atoms with Crippen LogP contribution in [0.25, 0.3) is 0 Å². The lowest BCUT2D eigenvalue weighted by molar-refractivity contribution is -0.119. The highest BCUT2D eigenvalue weighted by molar-refractivity contribution is 6.28. The number of hydrogen-bond donors (Lipinski definition) is 2. The lowest BCUT2D eigenvalue weighted by Crippen LogP contribution is -2.36. The van der Waals surface area contributed by atoms with Crippen LogP contribution in [0.5, 0.6) is 0 Å². The number of aryl methyl sites for hydroxylation is 1. The van der Waals surface area contributed by atoms with Crippen LogP contribution in [0.2, 0.25) is 5.28 Å². The van der Waals surface area contributed by atoms with Gasteiger partial charge in [-0.3, -0.25) is 4.79 Å². The Morgan fingerprint density at radius 2 is 2.18 bits per heavy atom. The minimum Gasteiger partial charge on any atom is -0.394 e. The predicted molar refractivity (Wildman–Crippen MR) is 68.1 cm³/mol. The number of halogens is 1. The summed E-state index contributed by atoms with van der Waals surface area (Å²) in [5, 5.41) is 2.68. The Morgan fingerprint density at radius 1 is 1.53 bits per heavy atom. The third-order valence-electron chi connectivity index (χ3n) is 2.38. The standard InChI is InChI=1S/C10H16ClN5O/c1-4-16(5-7(17)13-3)9-8(12)6(2)14-10(11)15-9/h4-5,12H2,1-3H3,(H,13,17). The third kappa shape index (κ3) is 3.20. The van der Waals surface area contributed by atoms with Crippen LogP contribution < -0.4 is 16.0 Å². The molecule has 3 N–H and O–H groups in total. The van der Waals surface area contributed by atoms with E-state index in [1.165, 1.54) is 0 Å². The van der Waals surface area contributed by atoms with Gasteiger partial charge in [0.2, 0.25) is 11.2 Å². The molecule has 1 aromatic rings. The van der Waals surface area contributed by atoms with Crippen LogP contribution >= 0.6 is 11.6 Å². The first-order chi connectivity index (χ1) is 7.99. The summed E-state index contributed by atoms with van der Waals surface area (Å²) in [6, 6.07) is 0. The summed E-state index contributed by atoms with van der Waals surface area (Å²) < 4.78 is 0. The second kappa shape index (κ2) is 5.67. The molecule has 7 heteroatoms. The lowest BCUT2D eigenvalue weighted by atomic mass is 10.3. The van der Waals surface area contributed by atoms with Gasteiger partial charge in [-0.05, 0) is 25.4 Å². The van der Waals surface area contributed by atoms with Crippen LogP contribution in [0.15, 0.2) is 0 Å². The van der Waals surface area contributed by atoms with Crippen LogP contribution in [0.3, 0.4) is 0 Å². The molecule has 1 amide bonds. The van der Waals surface area contributed by atoms with E-state index in [2.05, 4.69) is 15.3 Å². The maximum atomic E-state index is 11.4. The van der Waals surface area contributed by atoms with E-state index >= 15 is 0 Å². The van der Waals surface area contributed by atoms with Crippen molar-refractivity contribution in [3.8, 4) is 0 Å². The Bertz CT molecular complexity index is 423. The minimum absolute atomic E-state index is 0.112. The second-order valence-electron chi connectivity index (χ2n) is 3.50. The zero-order chi connectivity index (χ0) is 13.0. The van der Waals surface area contributed by atoms with Crippen molar-refractivity contribution in [1.29, 1.82) is 0 Å². The topological polar surface area (TPSA) is 84.1 Å². The van der Waals surface area contributed by atoms with Gasteiger partial charge in [0.05, 0.1) is 17.9 Å². The number of nitrogens with two attached hydrogens (primary N) is 1. The first-order valence-electron chi connectivity index (χ1n) is 5.24. The van der Waals surface area contributed by atoms with Crippen LogP contribution in [-0.2, 0) is 4.79 Å². The molecule has 0 radical (unpaired) electrons. The van der Waals surface area contributed by atoms with Crippen LogP contribution in [0.1, 0.15) is 12.6 Å². The molecule has 1 rings (SSSR count). The fourth-order valence-electron chi connectivity index (χ4n) is 1.36. The first kappa shape index (κ1) is 13.5. The van der Waals surface area contributed by atoms with Gasteiger partial charge >= 0.3 is 0 Å². The van der Waals surface area contributed by atoms with Crippen molar-refractivity contribution >= 4 is 29.0 Å². The maximum absolute atomic E-state index is 11.4. The van der Waals surface area contributed by atoms with Gasteiger partial charge in [0.1, 0.15) is 0 Å². The molecule has 0 atom stereocenters. The molecule has 1 heterocycles. The molecular formula is C10H16ClN5O. The average Bonchev–Trinajstić information content (AvgIpc) is 2.30. The largest absolute Gasteiger partial charge is 0.394 e.